The molecule has 0 heterocycles. The molecule has 1 atom stereocenters. The van der Waals surface area contributed by atoms with Gasteiger partial charge in [0, 0.05) is 0 Å². The first-order valence-electron chi connectivity index (χ1n) is 10.9. The third-order valence-electron chi connectivity index (χ3n) is 5.07. The molecule has 0 radical (unpaired) electrons. The van der Waals surface area contributed by atoms with E-state index in [1.807, 2.05) is 75.4 Å². The average molecular weight is 441 g/mol. The quantitative estimate of drug-likeness (QED) is 0.339. The average Bonchev–Trinajstić information content (AvgIpc) is 2.82. The van der Waals surface area contributed by atoms with Gasteiger partial charge in [-0.05, 0) is 55.7 Å². The van der Waals surface area contributed by atoms with Crippen molar-refractivity contribution in [3.63, 3.8) is 0 Å². The van der Waals surface area contributed by atoms with Crippen molar-refractivity contribution >= 4 is 12.0 Å². The number of aryl methyl sites for hydroxylation is 1. The molecule has 0 bridgehead atoms. The molecule has 0 saturated heterocycles. The van der Waals surface area contributed by atoms with Crippen LogP contribution >= 0.6 is 0 Å². The first-order valence-corrected chi connectivity index (χ1v) is 10.9. The molecule has 0 aliphatic carbocycles. The first-order chi connectivity index (χ1) is 16.0. The Kier molecular flexibility index (Phi) is 8.26. The number of nitrogens with one attached hydrogen (secondary N) is 1. The minimum absolute atomic E-state index is 0.0219. The lowest BCUT2D eigenvalue weighted by molar-refractivity contribution is -0.117. The van der Waals surface area contributed by atoms with E-state index in [-0.39, 0.29) is 11.6 Å². The fourth-order valence-corrected chi connectivity index (χ4v) is 3.38. The summed E-state index contributed by atoms with van der Waals surface area (Å²) < 4.78 is 11.7. The molecule has 33 heavy (non-hydrogen) atoms. The topological polar surface area (TPSA) is 71.3 Å². The number of nitrogens with zero attached hydrogens (tertiary/aromatic N) is 1. The van der Waals surface area contributed by atoms with Crippen molar-refractivity contribution in [2.45, 2.75) is 33.4 Å². The van der Waals surface area contributed by atoms with Crippen molar-refractivity contribution in [3.8, 4) is 17.6 Å². The highest BCUT2D eigenvalue weighted by Gasteiger charge is 2.14. The molecular weight excluding hydrogens is 412 g/mol. The number of benzene rings is 3. The van der Waals surface area contributed by atoms with Crippen molar-refractivity contribution < 1.29 is 14.3 Å². The lowest BCUT2D eigenvalue weighted by atomic mass is 10.1. The second-order valence-electron chi connectivity index (χ2n) is 7.69. The van der Waals surface area contributed by atoms with Crippen molar-refractivity contribution in [2.24, 2.45) is 0 Å². The molecule has 1 amide bonds. The highest BCUT2D eigenvalue weighted by atomic mass is 16.5. The minimum atomic E-state index is -0.424. The normalized spacial score (nSPS) is 11.9. The van der Waals surface area contributed by atoms with E-state index in [1.54, 1.807) is 24.3 Å². The molecule has 0 saturated carbocycles. The SMILES string of the molecule is CCOc1cc(/C=C(\C#N)C(=O)N[C@@H](C)c2ccccc2)ccc1OCc1cccc(C)c1. The molecule has 0 fully saturated rings. The van der Waals surface area contributed by atoms with Gasteiger partial charge in [-0.2, -0.15) is 5.26 Å². The predicted octanol–water partition coefficient (Wildman–Crippen LogP) is 5.76. The Labute approximate surface area is 195 Å². The second kappa shape index (κ2) is 11.5. The third kappa shape index (κ3) is 6.72. The van der Waals surface area contributed by atoms with Gasteiger partial charge in [-0.25, -0.2) is 0 Å². The van der Waals surface area contributed by atoms with Gasteiger partial charge in [-0.1, -0.05) is 66.2 Å². The summed E-state index contributed by atoms with van der Waals surface area (Å²) in [6.45, 7) is 6.70. The number of carbonyl (C=O) groups excluding carboxylic acids is 1. The van der Waals surface area contributed by atoms with Crippen molar-refractivity contribution in [1.82, 2.24) is 5.32 Å². The fraction of sp³-hybridized carbons (Fsp3) is 0.214. The second-order valence-corrected chi connectivity index (χ2v) is 7.69. The highest BCUT2D eigenvalue weighted by Crippen LogP contribution is 2.30. The summed E-state index contributed by atoms with van der Waals surface area (Å²) in [5, 5.41) is 12.4. The molecule has 3 rings (SSSR count). The number of carbonyl (C=O) groups is 1. The van der Waals surface area contributed by atoms with Crippen LogP contribution in [0.5, 0.6) is 11.5 Å². The molecule has 5 nitrogen and oxygen atoms in total. The van der Waals surface area contributed by atoms with Crippen LogP contribution in [0.15, 0.2) is 78.4 Å². The van der Waals surface area contributed by atoms with Crippen LogP contribution in [0.1, 0.15) is 42.1 Å². The van der Waals surface area contributed by atoms with Gasteiger partial charge < -0.3 is 14.8 Å². The summed E-state index contributed by atoms with van der Waals surface area (Å²) in [7, 11) is 0. The molecule has 0 unspecified atom stereocenters. The van der Waals surface area contributed by atoms with E-state index in [4.69, 9.17) is 9.47 Å². The van der Waals surface area contributed by atoms with E-state index in [1.165, 1.54) is 5.56 Å². The smallest absolute Gasteiger partial charge is 0.262 e. The minimum Gasteiger partial charge on any atom is -0.490 e. The zero-order valence-electron chi connectivity index (χ0n) is 19.2. The lowest BCUT2D eigenvalue weighted by Gasteiger charge is -2.14. The molecule has 5 heteroatoms. The highest BCUT2D eigenvalue weighted by molar-refractivity contribution is 6.01. The Morgan fingerprint density at radius 2 is 1.82 bits per heavy atom. The summed E-state index contributed by atoms with van der Waals surface area (Å²) in [5.74, 6) is 0.747. The van der Waals surface area contributed by atoms with Crippen LogP contribution in [0.2, 0.25) is 0 Å². The van der Waals surface area contributed by atoms with Gasteiger partial charge in [0.2, 0.25) is 0 Å². The molecular formula is C28H28N2O3. The molecule has 0 aliphatic heterocycles. The van der Waals surface area contributed by atoms with E-state index in [9.17, 15) is 10.1 Å². The van der Waals surface area contributed by atoms with Crippen LogP contribution < -0.4 is 14.8 Å². The van der Waals surface area contributed by atoms with E-state index < -0.39 is 5.91 Å². The summed E-state index contributed by atoms with van der Waals surface area (Å²) in [6.07, 6.45) is 1.56. The Morgan fingerprint density at radius 1 is 1.03 bits per heavy atom. The number of ether oxygens (including phenoxy) is 2. The Morgan fingerprint density at radius 3 is 2.52 bits per heavy atom. The molecule has 0 aromatic heterocycles. The maximum Gasteiger partial charge on any atom is 0.262 e. The lowest BCUT2D eigenvalue weighted by Crippen LogP contribution is -2.27. The maximum absolute atomic E-state index is 12.7. The predicted molar refractivity (Wildman–Crippen MR) is 130 cm³/mol. The molecule has 3 aromatic rings. The summed E-state index contributed by atoms with van der Waals surface area (Å²) in [4.78, 5) is 12.7. The standard InChI is InChI=1S/C28H28N2O3/c1-4-32-27-17-22(13-14-26(27)33-19-23-10-8-9-20(2)15-23)16-25(18-29)28(31)30-21(3)24-11-6-5-7-12-24/h5-17,21H,4,19H2,1-3H3,(H,30,31)/b25-16+/t21-/m0/s1. The number of nitriles is 1. The van der Waals surface area contributed by atoms with Crippen LogP contribution in [0.3, 0.4) is 0 Å². The van der Waals surface area contributed by atoms with Gasteiger partial charge in [0.25, 0.3) is 5.91 Å². The molecule has 1 N–H and O–H groups in total. The van der Waals surface area contributed by atoms with Crippen molar-refractivity contribution in [2.75, 3.05) is 6.61 Å². The maximum atomic E-state index is 12.7. The van der Waals surface area contributed by atoms with E-state index in [2.05, 4.69) is 11.4 Å². The number of hydrogen-bond acceptors (Lipinski definition) is 4. The fourth-order valence-electron chi connectivity index (χ4n) is 3.38. The Hall–Kier alpha value is -4.04. The zero-order chi connectivity index (χ0) is 23.6. The van der Waals surface area contributed by atoms with Gasteiger partial charge in [0.15, 0.2) is 11.5 Å². The zero-order valence-corrected chi connectivity index (χ0v) is 19.2. The number of hydrogen-bond donors (Lipinski definition) is 1. The number of rotatable bonds is 9. The van der Waals surface area contributed by atoms with Crippen LogP contribution in [0.4, 0.5) is 0 Å². The number of amides is 1. The van der Waals surface area contributed by atoms with Crippen LogP contribution in [0.25, 0.3) is 6.08 Å². The van der Waals surface area contributed by atoms with Crippen LogP contribution in [-0.4, -0.2) is 12.5 Å². The third-order valence-corrected chi connectivity index (χ3v) is 5.07. The van der Waals surface area contributed by atoms with E-state index in [0.717, 1.165) is 11.1 Å². The molecule has 0 spiro atoms. The molecule has 0 aliphatic rings. The Balaban J connectivity index is 1.75. The first kappa shape index (κ1) is 23.6. The van der Waals surface area contributed by atoms with Crippen molar-refractivity contribution in [3.05, 3.63) is 101 Å². The van der Waals surface area contributed by atoms with Crippen LogP contribution in [0, 0.1) is 18.3 Å². The van der Waals surface area contributed by atoms with Gasteiger partial charge in [-0.3, -0.25) is 4.79 Å². The summed E-state index contributed by atoms with van der Waals surface area (Å²) in [6, 6.07) is 24.9. The summed E-state index contributed by atoms with van der Waals surface area (Å²) in [5.41, 5.74) is 3.91. The van der Waals surface area contributed by atoms with Gasteiger partial charge in [0.1, 0.15) is 18.2 Å². The summed E-state index contributed by atoms with van der Waals surface area (Å²) >= 11 is 0. The van der Waals surface area contributed by atoms with Crippen LogP contribution in [-0.2, 0) is 11.4 Å². The van der Waals surface area contributed by atoms with E-state index in [0.29, 0.717) is 30.3 Å². The molecule has 168 valence electrons. The van der Waals surface area contributed by atoms with Gasteiger partial charge in [0.05, 0.1) is 12.6 Å². The van der Waals surface area contributed by atoms with Gasteiger partial charge >= 0.3 is 0 Å². The van der Waals surface area contributed by atoms with Gasteiger partial charge in [-0.15, -0.1) is 0 Å². The monoisotopic (exact) mass is 440 g/mol. The van der Waals surface area contributed by atoms with Crippen molar-refractivity contribution in [1.29, 1.82) is 5.26 Å². The Bertz CT molecular complexity index is 1160. The van der Waals surface area contributed by atoms with E-state index >= 15 is 0 Å². The molecule has 3 aromatic carbocycles. The largest absolute Gasteiger partial charge is 0.490 e.